The van der Waals surface area contributed by atoms with Gasteiger partial charge in [0.25, 0.3) is 0 Å². The lowest BCUT2D eigenvalue weighted by Crippen LogP contribution is -2.61. The number of rotatable bonds is 2. The van der Waals surface area contributed by atoms with Gasteiger partial charge in [-0.2, -0.15) is 0 Å². The number of hydrogen-bond acceptors (Lipinski definition) is 4. The minimum atomic E-state index is -0.375. The monoisotopic (exact) mass is 350 g/mol. The summed E-state index contributed by atoms with van der Waals surface area (Å²) in [7, 11) is 2.79. The molecule has 2 unspecified atom stereocenters. The number of methoxy groups -OCH3 is 2. The van der Waals surface area contributed by atoms with E-state index in [9.17, 15) is 9.59 Å². The molecule has 0 aromatic carbocycles. The molecule has 0 aromatic rings. The van der Waals surface area contributed by atoms with Gasteiger partial charge in [-0.1, -0.05) is 36.5 Å². The molecule has 4 nitrogen and oxygen atoms in total. The fraction of sp³-hybridized carbons (Fsp3) is 0.545. The summed E-state index contributed by atoms with van der Waals surface area (Å²) >= 11 is 0. The molecule has 0 heterocycles. The summed E-state index contributed by atoms with van der Waals surface area (Å²) < 4.78 is 10.1. The summed E-state index contributed by atoms with van der Waals surface area (Å²) in [5.74, 6) is 3.87. The molecule has 8 aliphatic rings. The maximum atomic E-state index is 12.6. The van der Waals surface area contributed by atoms with E-state index in [0.717, 1.165) is 5.92 Å². The summed E-state index contributed by atoms with van der Waals surface area (Å²) in [5, 5.41) is 0. The molecule has 2 fully saturated rings. The van der Waals surface area contributed by atoms with E-state index in [1.807, 2.05) is 0 Å². The van der Waals surface area contributed by atoms with Crippen molar-refractivity contribution < 1.29 is 19.1 Å². The summed E-state index contributed by atoms with van der Waals surface area (Å²) in [5.41, 5.74) is 1.10. The Labute approximate surface area is 152 Å². The van der Waals surface area contributed by atoms with Crippen molar-refractivity contribution in [1.29, 1.82) is 0 Å². The fourth-order valence-electron chi connectivity index (χ4n) is 7.25. The average molecular weight is 350 g/mol. The Morgan fingerprint density at radius 3 is 1.65 bits per heavy atom. The molecule has 10 atom stereocenters. The molecule has 0 aliphatic heterocycles. The average Bonchev–Trinajstić information content (AvgIpc) is 3.39. The van der Waals surface area contributed by atoms with Gasteiger partial charge in [-0.3, -0.25) is 0 Å². The minimum Gasteiger partial charge on any atom is -0.466 e. The van der Waals surface area contributed by atoms with Crippen molar-refractivity contribution >= 4 is 11.9 Å². The highest BCUT2D eigenvalue weighted by Gasteiger charge is 2.71. The summed E-state index contributed by atoms with van der Waals surface area (Å²) in [6.45, 7) is 0. The van der Waals surface area contributed by atoms with Crippen molar-refractivity contribution in [2.45, 2.75) is 0 Å². The third kappa shape index (κ3) is 1.54. The second-order valence-corrected chi connectivity index (χ2v) is 8.64. The third-order valence-electron chi connectivity index (χ3n) is 8.09. The molecular weight excluding hydrogens is 328 g/mol. The van der Waals surface area contributed by atoms with E-state index < -0.39 is 0 Å². The molecule has 0 spiro atoms. The molecule has 0 radical (unpaired) electrons. The van der Waals surface area contributed by atoms with Crippen molar-refractivity contribution in [3.8, 4) is 0 Å². The number of carbonyl (C=O) groups is 2. The Balaban J connectivity index is 1.49. The van der Waals surface area contributed by atoms with Crippen molar-refractivity contribution in [3.63, 3.8) is 0 Å². The van der Waals surface area contributed by atoms with E-state index in [0.29, 0.717) is 52.6 Å². The second kappa shape index (κ2) is 4.79. The smallest absolute Gasteiger partial charge is 0.334 e. The minimum absolute atomic E-state index is 0.00782. The summed E-state index contributed by atoms with van der Waals surface area (Å²) in [6.07, 6.45) is 14.0. The third-order valence-corrected chi connectivity index (χ3v) is 8.09. The van der Waals surface area contributed by atoms with Crippen molar-refractivity contribution in [3.05, 3.63) is 47.6 Å². The SMILES string of the molecule is COC(=O)C1=C(C(=O)OC)[C@@H]2C=C[C@H]1[C@H]1[C@H]3C4C=C[C@@H]5C([C@@H]3[C@@H]12)[C@@H]5C=C4. The van der Waals surface area contributed by atoms with Crippen LogP contribution in [-0.4, -0.2) is 26.2 Å². The lowest BCUT2D eigenvalue weighted by molar-refractivity contribution is -0.147. The lowest BCUT2D eigenvalue weighted by Gasteiger charge is -2.63. The highest BCUT2D eigenvalue weighted by molar-refractivity contribution is 6.02. The van der Waals surface area contributed by atoms with Crippen LogP contribution < -0.4 is 0 Å². The highest BCUT2D eigenvalue weighted by Crippen LogP contribution is 2.74. The summed E-state index contributed by atoms with van der Waals surface area (Å²) in [4.78, 5) is 25.2. The Morgan fingerprint density at radius 2 is 1.15 bits per heavy atom. The van der Waals surface area contributed by atoms with Crippen LogP contribution in [0.25, 0.3) is 0 Å². The van der Waals surface area contributed by atoms with Crippen LogP contribution in [0.3, 0.4) is 0 Å². The van der Waals surface area contributed by atoms with Gasteiger partial charge in [-0.25, -0.2) is 9.59 Å². The summed E-state index contributed by atoms with van der Waals surface area (Å²) in [6, 6.07) is 0. The molecule has 0 N–H and O–H groups in total. The van der Waals surface area contributed by atoms with E-state index >= 15 is 0 Å². The first-order valence-corrected chi connectivity index (χ1v) is 9.63. The molecule has 4 heteroatoms. The Hall–Kier alpha value is -2.10. The van der Waals surface area contributed by atoms with Crippen LogP contribution in [0, 0.1) is 59.2 Å². The van der Waals surface area contributed by atoms with Gasteiger partial charge in [-0.15, -0.1) is 0 Å². The zero-order chi connectivity index (χ0) is 17.7. The van der Waals surface area contributed by atoms with Gasteiger partial charge in [0.1, 0.15) is 0 Å². The van der Waals surface area contributed by atoms with E-state index in [2.05, 4.69) is 36.5 Å². The van der Waals surface area contributed by atoms with Crippen LogP contribution in [0.1, 0.15) is 0 Å². The van der Waals surface area contributed by atoms with E-state index in [1.165, 1.54) is 14.2 Å². The standard InChI is InChI=1S/C22H22O4/c1-25-21(23)18-12-7-8-13(19(18)22(24)26-2)17-16(12)14-9-3-5-10-11(6-4-9)15(10)20(14)17/h3-17,20H,1-2H3/t9?,10-,11+,12-,13+,14+,15?,16-,17+,20+/m0/s1. The fourth-order valence-corrected chi connectivity index (χ4v) is 7.25. The molecule has 26 heavy (non-hydrogen) atoms. The number of esters is 2. The van der Waals surface area contributed by atoms with Crippen LogP contribution in [0.2, 0.25) is 0 Å². The maximum absolute atomic E-state index is 12.6. The van der Waals surface area contributed by atoms with Crippen molar-refractivity contribution in [1.82, 2.24) is 0 Å². The van der Waals surface area contributed by atoms with Gasteiger partial charge in [0.05, 0.1) is 25.4 Å². The van der Waals surface area contributed by atoms with Gasteiger partial charge in [0.15, 0.2) is 0 Å². The number of hydrogen-bond donors (Lipinski definition) is 0. The molecule has 8 aliphatic carbocycles. The van der Waals surface area contributed by atoms with Crippen LogP contribution in [0.5, 0.6) is 0 Å². The predicted octanol–water partition coefficient (Wildman–Crippen LogP) is 2.54. The molecule has 6 bridgehead atoms. The van der Waals surface area contributed by atoms with Gasteiger partial charge in [-0.05, 0) is 47.3 Å². The van der Waals surface area contributed by atoms with Gasteiger partial charge in [0, 0.05) is 11.8 Å². The van der Waals surface area contributed by atoms with E-state index in [1.54, 1.807) is 0 Å². The van der Waals surface area contributed by atoms with Crippen molar-refractivity contribution in [2.24, 2.45) is 59.2 Å². The number of carbonyl (C=O) groups excluding carboxylic acids is 2. The molecule has 2 saturated carbocycles. The molecule has 134 valence electrons. The number of ether oxygens (including phenoxy) is 2. The van der Waals surface area contributed by atoms with Crippen molar-refractivity contribution in [2.75, 3.05) is 14.2 Å². The Bertz CT molecular complexity index is 826. The normalized spacial score (nSPS) is 50.4. The van der Waals surface area contributed by atoms with Crippen LogP contribution in [0.15, 0.2) is 47.6 Å². The Morgan fingerprint density at radius 1 is 0.654 bits per heavy atom. The van der Waals surface area contributed by atoms with E-state index in [4.69, 9.17) is 9.47 Å². The van der Waals surface area contributed by atoms with Crippen LogP contribution >= 0.6 is 0 Å². The lowest BCUT2D eigenvalue weighted by atomic mass is 9.40. The first-order chi connectivity index (χ1) is 12.7. The van der Waals surface area contributed by atoms with E-state index in [-0.39, 0.29) is 23.8 Å². The zero-order valence-corrected chi connectivity index (χ0v) is 14.9. The van der Waals surface area contributed by atoms with Crippen LogP contribution in [-0.2, 0) is 19.1 Å². The number of allylic oxidation sites excluding steroid dienone is 6. The largest absolute Gasteiger partial charge is 0.466 e. The van der Waals surface area contributed by atoms with Gasteiger partial charge in [0.2, 0.25) is 0 Å². The van der Waals surface area contributed by atoms with Gasteiger partial charge < -0.3 is 9.47 Å². The molecule has 0 aromatic heterocycles. The topological polar surface area (TPSA) is 52.6 Å². The quantitative estimate of drug-likeness (QED) is 0.567. The molecule has 8 rings (SSSR count). The first kappa shape index (κ1) is 15.0. The molecular formula is C22H22O4. The second-order valence-electron chi connectivity index (χ2n) is 8.64. The van der Waals surface area contributed by atoms with Crippen LogP contribution in [0.4, 0.5) is 0 Å². The zero-order valence-electron chi connectivity index (χ0n) is 14.9. The molecule has 0 saturated heterocycles. The first-order valence-electron chi connectivity index (χ1n) is 9.63. The maximum Gasteiger partial charge on any atom is 0.334 e. The Kier molecular flexibility index (Phi) is 2.76. The predicted molar refractivity (Wildman–Crippen MR) is 93.4 cm³/mol. The highest BCUT2D eigenvalue weighted by atomic mass is 16.5. The molecule has 0 amide bonds. The van der Waals surface area contributed by atoms with Gasteiger partial charge >= 0.3 is 11.9 Å².